The molecule has 39 valence electrons. The quantitative estimate of drug-likeness (QED) is 0.462. The number of hydrogen-bond donors (Lipinski definition) is 0. The fourth-order valence-electron chi connectivity index (χ4n) is 0.174. The summed E-state index contributed by atoms with van der Waals surface area (Å²) in [5.41, 5.74) is 0. The Balaban J connectivity index is 2.91. The van der Waals surface area contributed by atoms with Crippen LogP contribution in [0.3, 0.4) is 0 Å². The molecule has 0 amide bonds. The van der Waals surface area contributed by atoms with Gasteiger partial charge in [0.25, 0.3) is 0 Å². The van der Waals surface area contributed by atoms with Crippen LogP contribution >= 0.6 is 11.8 Å². The van der Waals surface area contributed by atoms with Crippen LogP contribution in [0.4, 0.5) is 0 Å². The summed E-state index contributed by atoms with van der Waals surface area (Å²) in [5, 5.41) is 9.62. The van der Waals surface area contributed by atoms with Crippen molar-refractivity contribution in [3.63, 3.8) is 0 Å². The molecule has 0 aromatic heterocycles. The molecule has 0 aliphatic heterocycles. The van der Waals surface area contributed by atoms with Gasteiger partial charge in [0, 0.05) is 0 Å². The van der Waals surface area contributed by atoms with Crippen LogP contribution in [0.1, 0.15) is 0 Å². The molecule has 0 unspecified atom stereocenters. The Hall–Kier alpha value is -0.130. The Morgan fingerprint density at radius 2 is 2.29 bits per heavy atom. The van der Waals surface area contributed by atoms with E-state index >= 15 is 0 Å². The van der Waals surface area contributed by atoms with E-state index in [9.17, 15) is 5.11 Å². The van der Waals surface area contributed by atoms with Crippen molar-refractivity contribution in [2.75, 3.05) is 18.6 Å². The summed E-state index contributed by atoms with van der Waals surface area (Å²) in [6.07, 6.45) is 1.96. The van der Waals surface area contributed by atoms with Crippen LogP contribution in [0, 0.1) is 11.8 Å². The van der Waals surface area contributed by atoms with Gasteiger partial charge in [-0.2, -0.15) is 11.8 Å². The maximum Gasteiger partial charge on any atom is 0.143 e. The Morgan fingerprint density at radius 3 is 2.71 bits per heavy atom. The molecule has 0 heterocycles. The molecule has 0 atom stereocenters. The summed E-state index contributed by atoms with van der Waals surface area (Å²) < 4.78 is 0. The van der Waals surface area contributed by atoms with E-state index in [1.54, 1.807) is 11.8 Å². The summed E-state index contributed by atoms with van der Waals surface area (Å²) in [7, 11) is 0. The molecule has 2 heteroatoms. The minimum atomic E-state index is -0.263. The van der Waals surface area contributed by atoms with E-state index in [0.29, 0.717) is 0 Å². The zero-order valence-corrected chi connectivity index (χ0v) is 5.05. The second-order valence-electron chi connectivity index (χ2n) is 0.931. The molecule has 1 nitrogen and oxygen atoms in total. The first-order valence-electron chi connectivity index (χ1n) is 1.94. The lowest BCUT2D eigenvalue weighted by Crippen LogP contribution is -1.70. The minimum absolute atomic E-state index is 0.263. The molecule has 0 aliphatic carbocycles. The summed E-state index contributed by atoms with van der Waals surface area (Å²) in [5.74, 6) is 5.89. The predicted molar refractivity (Wildman–Crippen MR) is 31.7 cm³/mol. The average Bonchev–Trinajstić information content (AvgIpc) is 1.69. The van der Waals surface area contributed by atoms with Gasteiger partial charge < -0.3 is 0 Å². The van der Waals surface area contributed by atoms with E-state index < -0.39 is 0 Å². The van der Waals surface area contributed by atoms with Gasteiger partial charge >= 0.3 is 0 Å². The molecule has 7 heavy (non-hydrogen) atoms. The summed E-state index contributed by atoms with van der Waals surface area (Å²) >= 11 is 1.63. The fraction of sp³-hybridized carbons (Fsp3) is 0.600. The van der Waals surface area contributed by atoms with Crippen LogP contribution in [0.15, 0.2) is 0 Å². The van der Waals surface area contributed by atoms with E-state index in [1.165, 1.54) is 0 Å². The second-order valence-corrected chi connectivity index (χ2v) is 1.80. The van der Waals surface area contributed by atoms with Gasteiger partial charge in [0.2, 0.25) is 0 Å². The Bertz CT molecular complexity index is 79.8. The molecule has 0 spiro atoms. The second kappa shape index (κ2) is 5.87. The Labute approximate surface area is 48.1 Å². The largest absolute Gasteiger partial charge is 0.223 e. The Kier molecular flexibility index (Phi) is 5.76. The lowest BCUT2D eigenvalue weighted by atomic mass is 10.6. The van der Waals surface area contributed by atoms with Gasteiger partial charge in [0.05, 0.1) is 5.75 Å². The molecule has 0 saturated heterocycles. The zero-order chi connectivity index (χ0) is 5.54. The summed E-state index contributed by atoms with van der Waals surface area (Å²) in [6.45, 7) is -0.263. The number of hydrogen-bond acceptors (Lipinski definition) is 1. The smallest absolute Gasteiger partial charge is 0.143 e. The minimum Gasteiger partial charge on any atom is -0.223 e. The molecule has 0 bridgehead atoms. The van der Waals surface area contributed by atoms with E-state index in [0.717, 1.165) is 5.75 Å². The first-order chi connectivity index (χ1) is 3.41. The van der Waals surface area contributed by atoms with E-state index in [2.05, 4.69) is 11.8 Å². The molecule has 0 N–H and O–H groups in total. The highest BCUT2D eigenvalue weighted by Gasteiger charge is 1.66. The highest BCUT2D eigenvalue weighted by atomic mass is 32.2. The molecular weight excluding hydrogens is 108 g/mol. The van der Waals surface area contributed by atoms with Gasteiger partial charge in [-0.1, -0.05) is 11.8 Å². The lowest BCUT2D eigenvalue weighted by molar-refractivity contribution is 0.239. The maximum atomic E-state index is 9.62. The van der Waals surface area contributed by atoms with Crippen molar-refractivity contribution in [2.45, 2.75) is 0 Å². The van der Waals surface area contributed by atoms with E-state index in [1.807, 2.05) is 6.26 Å². The number of thioether (sulfide) groups is 1. The zero-order valence-electron chi connectivity index (χ0n) is 4.23. The highest BCUT2D eigenvalue weighted by Crippen LogP contribution is 1.85. The van der Waals surface area contributed by atoms with Crippen molar-refractivity contribution >= 4 is 11.8 Å². The third kappa shape index (κ3) is 5.87. The Morgan fingerprint density at radius 1 is 1.57 bits per heavy atom. The van der Waals surface area contributed by atoms with Crippen LogP contribution in [-0.2, 0) is 5.11 Å². The van der Waals surface area contributed by atoms with Gasteiger partial charge in [-0.3, -0.25) is 0 Å². The topological polar surface area (TPSA) is 19.9 Å². The number of rotatable bonds is 1. The van der Waals surface area contributed by atoms with Crippen molar-refractivity contribution in [2.24, 2.45) is 0 Å². The normalized spacial score (nSPS) is 7.14. The van der Waals surface area contributed by atoms with E-state index in [4.69, 9.17) is 0 Å². The van der Waals surface area contributed by atoms with Gasteiger partial charge in [-0.25, -0.2) is 5.11 Å². The average molecular weight is 115 g/mol. The van der Waals surface area contributed by atoms with Crippen LogP contribution in [0.25, 0.3) is 0 Å². The third-order valence-corrected chi connectivity index (χ3v) is 0.847. The first kappa shape index (κ1) is 6.87. The van der Waals surface area contributed by atoms with Crippen molar-refractivity contribution in [3.05, 3.63) is 0 Å². The van der Waals surface area contributed by atoms with Gasteiger partial charge in [0.1, 0.15) is 6.61 Å². The van der Waals surface area contributed by atoms with Crippen LogP contribution in [-0.4, -0.2) is 18.6 Å². The van der Waals surface area contributed by atoms with Crippen molar-refractivity contribution in [1.29, 1.82) is 0 Å². The summed E-state index contributed by atoms with van der Waals surface area (Å²) in [6, 6.07) is 0. The van der Waals surface area contributed by atoms with Crippen molar-refractivity contribution < 1.29 is 5.11 Å². The molecule has 0 fully saturated rings. The van der Waals surface area contributed by atoms with E-state index in [-0.39, 0.29) is 6.61 Å². The molecule has 0 saturated carbocycles. The summed E-state index contributed by atoms with van der Waals surface area (Å²) in [4.78, 5) is 0. The molecule has 0 aromatic carbocycles. The first-order valence-corrected chi connectivity index (χ1v) is 3.34. The SMILES string of the molecule is CSCC#CC[O]. The highest BCUT2D eigenvalue weighted by molar-refractivity contribution is 7.98. The lowest BCUT2D eigenvalue weighted by Gasteiger charge is -1.74. The molecule has 0 aromatic rings. The van der Waals surface area contributed by atoms with Crippen LogP contribution in [0.5, 0.6) is 0 Å². The van der Waals surface area contributed by atoms with Crippen molar-refractivity contribution in [1.82, 2.24) is 0 Å². The van der Waals surface area contributed by atoms with Gasteiger partial charge in [0.15, 0.2) is 0 Å². The van der Waals surface area contributed by atoms with Crippen molar-refractivity contribution in [3.8, 4) is 11.8 Å². The standard InChI is InChI=1S/C5H7OS/c1-7-5-3-2-4-6/h4-5H2,1H3. The van der Waals surface area contributed by atoms with Gasteiger partial charge in [-0.15, -0.1) is 0 Å². The van der Waals surface area contributed by atoms with Crippen LogP contribution < -0.4 is 0 Å². The monoisotopic (exact) mass is 115 g/mol. The molecule has 1 radical (unpaired) electrons. The molecular formula is C5H7OS. The molecule has 0 aliphatic rings. The van der Waals surface area contributed by atoms with Crippen LogP contribution in [0.2, 0.25) is 0 Å². The molecule has 0 rings (SSSR count). The third-order valence-electron chi connectivity index (χ3n) is 0.414. The fourth-order valence-corrected chi connectivity index (χ4v) is 0.421. The maximum absolute atomic E-state index is 9.62. The van der Waals surface area contributed by atoms with Gasteiger partial charge in [-0.05, 0) is 6.26 Å². The predicted octanol–water partition coefficient (Wildman–Crippen LogP) is 0.783.